The molecule has 1 unspecified atom stereocenters. The third kappa shape index (κ3) is 3.75. The van der Waals surface area contributed by atoms with Crippen LogP contribution in [0.15, 0.2) is 30.7 Å². The Morgan fingerprint density at radius 1 is 1.31 bits per heavy atom. The molecule has 4 rings (SSSR count). The minimum Gasteiger partial charge on any atom is -0.342 e. The molecular weight excluding hydrogens is 326 g/mol. The van der Waals surface area contributed by atoms with Gasteiger partial charge in [-0.1, -0.05) is 6.07 Å². The number of hydrogen-bond acceptors (Lipinski definition) is 5. The van der Waals surface area contributed by atoms with E-state index >= 15 is 0 Å². The maximum absolute atomic E-state index is 11.7. The topological polar surface area (TPSA) is 62.2 Å². The van der Waals surface area contributed by atoms with Crippen LogP contribution in [0.4, 0.5) is 0 Å². The predicted molar refractivity (Wildman–Crippen MR) is 98.3 cm³/mol. The molecule has 0 aromatic carbocycles. The maximum Gasteiger partial charge on any atom is 0.219 e. The van der Waals surface area contributed by atoms with Crippen LogP contribution >= 0.6 is 0 Å². The number of aromatic nitrogens is 3. The first-order valence-electron chi connectivity index (χ1n) is 9.40. The van der Waals surface area contributed by atoms with Crippen LogP contribution in [0.1, 0.15) is 48.3 Å². The van der Waals surface area contributed by atoms with E-state index in [1.807, 2.05) is 29.6 Å². The predicted octanol–water partition coefficient (Wildman–Crippen LogP) is 2.16. The Balaban J connectivity index is 1.44. The van der Waals surface area contributed by atoms with Crippen molar-refractivity contribution in [1.29, 1.82) is 0 Å². The van der Waals surface area contributed by atoms with Gasteiger partial charge >= 0.3 is 0 Å². The molecule has 1 amide bonds. The summed E-state index contributed by atoms with van der Waals surface area (Å²) in [6.45, 7) is 6.05. The molecule has 0 bridgehead atoms. The van der Waals surface area contributed by atoms with Crippen LogP contribution in [-0.2, 0) is 24.3 Å². The molecule has 6 heteroatoms. The third-order valence-electron chi connectivity index (χ3n) is 5.39. The second-order valence-electron chi connectivity index (χ2n) is 7.33. The summed E-state index contributed by atoms with van der Waals surface area (Å²) >= 11 is 0. The highest BCUT2D eigenvalue weighted by Crippen LogP contribution is 2.26. The standard InChI is InChI=1S/C20H25N5O/c1-15(26)25-8-3-5-17(14-25)20-22-11-18-13-24(9-6-19(18)23-20)12-16-4-2-7-21-10-16/h2,4,7,10-11,17H,3,5-6,8-9,12-14H2,1H3. The van der Waals surface area contributed by atoms with E-state index in [4.69, 9.17) is 4.98 Å². The summed E-state index contributed by atoms with van der Waals surface area (Å²) in [7, 11) is 0. The summed E-state index contributed by atoms with van der Waals surface area (Å²) in [6, 6.07) is 4.10. The Kier molecular flexibility index (Phi) is 4.93. The minimum atomic E-state index is 0.152. The molecule has 2 aliphatic rings. The molecule has 0 spiro atoms. The van der Waals surface area contributed by atoms with Crippen molar-refractivity contribution < 1.29 is 4.79 Å². The fourth-order valence-electron chi connectivity index (χ4n) is 3.95. The number of likely N-dealkylation sites (tertiary alicyclic amines) is 1. The zero-order chi connectivity index (χ0) is 17.9. The largest absolute Gasteiger partial charge is 0.342 e. The van der Waals surface area contributed by atoms with Crippen molar-refractivity contribution in [2.24, 2.45) is 0 Å². The van der Waals surface area contributed by atoms with Crippen molar-refractivity contribution in [3.63, 3.8) is 0 Å². The van der Waals surface area contributed by atoms with Crippen LogP contribution in [0.2, 0.25) is 0 Å². The Morgan fingerprint density at radius 2 is 2.23 bits per heavy atom. The molecule has 0 N–H and O–H groups in total. The van der Waals surface area contributed by atoms with Crippen molar-refractivity contribution in [3.05, 3.63) is 53.4 Å². The maximum atomic E-state index is 11.7. The second kappa shape index (κ2) is 7.50. The zero-order valence-electron chi connectivity index (χ0n) is 15.3. The number of amides is 1. The smallest absolute Gasteiger partial charge is 0.219 e. The fourth-order valence-corrected chi connectivity index (χ4v) is 3.95. The van der Waals surface area contributed by atoms with E-state index in [0.717, 1.165) is 57.8 Å². The van der Waals surface area contributed by atoms with E-state index in [0.29, 0.717) is 0 Å². The van der Waals surface area contributed by atoms with Gasteiger partial charge in [0.1, 0.15) is 5.82 Å². The van der Waals surface area contributed by atoms with Crippen molar-refractivity contribution >= 4 is 5.91 Å². The lowest BCUT2D eigenvalue weighted by Gasteiger charge is -2.32. The molecule has 0 saturated carbocycles. The Hall–Kier alpha value is -2.34. The van der Waals surface area contributed by atoms with Gasteiger partial charge < -0.3 is 4.90 Å². The first-order chi connectivity index (χ1) is 12.7. The highest BCUT2D eigenvalue weighted by atomic mass is 16.2. The number of pyridine rings is 1. The molecular formula is C20H25N5O. The van der Waals surface area contributed by atoms with Gasteiger partial charge in [0.2, 0.25) is 5.91 Å². The molecule has 136 valence electrons. The molecule has 2 aromatic rings. The van der Waals surface area contributed by atoms with E-state index < -0.39 is 0 Å². The van der Waals surface area contributed by atoms with Crippen molar-refractivity contribution in [2.45, 2.75) is 45.2 Å². The molecule has 4 heterocycles. The summed E-state index contributed by atoms with van der Waals surface area (Å²) < 4.78 is 0. The first kappa shape index (κ1) is 17.1. The van der Waals surface area contributed by atoms with Gasteiger partial charge in [0, 0.05) is 81.8 Å². The number of nitrogens with zero attached hydrogens (tertiary/aromatic N) is 5. The summed E-state index contributed by atoms with van der Waals surface area (Å²) in [6.07, 6.45) is 8.79. The van der Waals surface area contributed by atoms with Crippen LogP contribution in [0.3, 0.4) is 0 Å². The lowest BCUT2D eigenvalue weighted by atomic mass is 9.96. The molecule has 1 saturated heterocycles. The summed E-state index contributed by atoms with van der Waals surface area (Å²) in [5, 5.41) is 0. The number of carbonyl (C=O) groups excluding carboxylic acids is 1. The van der Waals surface area contributed by atoms with Gasteiger partial charge in [-0.15, -0.1) is 0 Å². The average molecular weight is 351 g/mol. The molecule has 6 nitrogen and oxygen atoms in total. The number of piperidine rings is 1. The molecule has 1 fully saturated rings. The molecule has 2 aliphatic heterocycles. The average Bonchev–Trinajstić information content (AvgIpc) is 2.68. The van der Waals surface area contributed by atoms with Crippen molar-refractivity contribution in [3.8, 4) is 0 Å². The Labute approximate surface area is 154 Å². The van der Waals surface area contributed by atoms with E-state index in [-0.39, 0.29) is 11.8 Å². The van der Waals surface area contributed by atoms with E-state index in [2.05, 4.69) is 20.9 Å². The molecule has 26 heavy (non-hydrogen) atoms. The molecule has 0 radical (unpaired) electrons. The Bertz CT molecular complexity index is 779. The summed E-state index contributed by atoms with van der Waals surface area (Å²) in [5.41, 5.74) is 3.64. The lowest BCUT2D eigenvalue weighted by Crippen LogP contribution is -2.38. The third-order valence-corrected chi connectivity index (χ3v) is 5.39. The van der Waals surface area contributed by atoms with Gasteiger partial charge in [-0.3, -0.25) is 14.7 Å². The lowest BCUT2D eigenvalue weighted by molar-refractivity contribution is -0.130. The molecule has 2 aromatic heterocycles. The van der Waals surface area contributed by atoms with Crippen LogP contribution in [0.5, 0.6) is 0 Å². The minimum absolute atomic E-state index is 0.152. The monoisotopic (exact) mass is 351 g/mol. The Morgan fingerprint density at radius 3 is 3.04 bits per heavy atom. The van der Waals surface area contributed by atoms with Crippen LogP contribution < -0.4 is 0 Å². The van der Waals surface area contributed by atoms with Crippen LogP contribution in [0, 0.1) is 0 Å². The SMILES string of the molecule is CC(=O)N1CCCC(c2ncc3c(n2)CCN(Cc2cccnc2)C3)C1. The van der Waals surface area contributed by atoms with E-state index in [1.54, 1.807) is 6.92 Å². The molecule has 1 atom stereocenters. The van der Waals surface area contributed by atoms with Gasteiger partial charge in [0.25, 0.3) is 0 Å². The van der Waals surface area contributed by atoms with Gasteiger partial charge in [0.05, 0.1) is 0 Å². The first-order valence-corrected chi connectivity index (χ1v) is 9.40. The summed E-state index contributed by atoms with van der Waals surface area (Å²) in [5.74, 6) is 1.33. The normalized spacial score (nSPS) is 20.7. The van der Waals surface area contributed by atoms with Gasteiger partial charge in [-0.25, -0.2) is 9.97 Å². The number of hydrogen-bond donors (Lipinski definition) is 0. The van der Waals surface area contributed by atoms with Gasteiger partial charge in [-0.05, 0) is 24.5 Å². The fraction of sp³-hybridized carbons (Fsp3) is 0.500. The molecule has 0 aliphatic carbocycles. The van der Waals surface area contributed by atoms with E-state index in [9.17, 15) is 4.79 Å². The quantitative estimate of drug-likeness (QED) is 0.848. The number of fused-ring (bicyclic) bond motifs is 1. The van der Waals surface area contributed by atoms with Gasteiger partial charge in [0.15, 0.2) is 0 Å². The van der Waals surface area contributed by atoms with Crippen molar-refractivity contribution in [2.75, 3.05) is 19.6 Å². The highest BCUT2D eigenvalue weighted by Gasteiger charge is 2.26. The van der Waals surface area contributed by atoms with Crippen LogP contribution in [0.25, 0.3) is 0 Å². The number of carbonyl (C=O) groups is 1. The highest BCUT2D eigenvalue weighted by molar-refractivity contribution is 5.73. The second-order valence-corrected chi connectivity index (χ2v) is 7.33. The van der Waals surface area contributed by atoms with Crippen molar-refractivity contribution in [1.82, 2.24) is 24.8 Å². The van der Waals surface area contributed by atoms with Gasteiger partial charge in [-0.2, -0.15) is 0 Å². The van der Waals surface area contributed by atoms with Crippen LogP contribution in [-0.4, -0.2) is 50.3 Å². The zero-order valence-corrected chi connectivity index (χ0v) is 15.3. The van der Waals surface area contributed by atoms with E-state index in [1.165, 1.54) is 16.8 Å². The number of rotatable bonds is 3. The summed E-state index contributed by atoms with van der Waals surface area (Å²) in [4.78, 5) is 29.8.